The van der Waals surface area contributed by atoms with Gasteiger partial charge in [0.25, 0.3) is 0 Å². The highest BCUT2D eigenvalue weighted by Gasteiger charge is 2.56. The first-order chi connectivity index (χ1) is 12.5. The highest BCUT2D eigenvalue weighted by Crippen LogP contribution is 2.47. The van der Waals surface area contributed by atoms with Gasteiger partial charge in [0.15, 0.2) is 8.32 Å². The Morgan fingerprint density at radius 1 is 1.00 bits per heavy atom. The number of ether oxygens (including phenoxy) is 3. The van der Waals surface area contributed by atoms with E-state index in [1.54, 1.807) is 0 Å². The van der Waals surface area contributed by atoms with Gasteiger partial charge in [-0.2, -0.15) is 0 Å². The summed E-state index contributed by atoms with van der Waals surface area (Å²) in [7, 11) is 0.605. The number of carbonyl (C=O) groups excluding carboxylic acids is 2. The highest BCUT2D eigenvalue weighted by molar-refractivity contribution is 6.74. The third kappa shape index (κ3) is 5.57. The largest absolute Gasteiger partial charge is 0.469 e. The van der Waals surface area contributed by atoms with Gasteiger partial charge in [0.2, 0.25) is 0 Å². The third-order valence-corrected chi connectivity index (χ3v) is 10.7. The first-order valence-electron chi connectivity index (χ1n) is 10.0. The molecule has 0 aromatic heterocycles. The molecule has 1 saturated carbocycles. The Hall–Kier alpha value is -0.923. The van der Waals surface area contributed by atoms with Crippen molar-refractivity contribution in [3.05, 3.63) is 0 Å². The molecule has 4 atom stereocenters. The molecule has 1 fully saturated rings. The minimum absolute atomic E-state index is 0.0197. The van der Waals surface area contributed by atoms with Crippen LogP contribution in [0.2, 0.25) is 18.1 Å². The monoisotopic (exact) mass is 416 g/mol. The van der Waals surface area contributed by atoms with Crippen molar-refractivity contribution in [3.8, 4) is 0 Å². The van der Waals surface area contributed by atoms with Crippen LogP contribution >= 0.6 is 0 Å². The lowest BCUT2D eigenvalue weighted by Gasteiger charge is -2.49. The maximum atomic E-state index is 12.8. The molecule has 7 heteroatoms. The van der Waals surface area contributed by atoms with E-state index < -0.39 is 37.5 Å². The summed E-state index contributed by atoms with van der Waals surface area (Å²) >= 11 is 0. The molecule has 28 heavy (non-hydrogen) atoms. The lowest BCUT2D eigenvalue weighted by atomic mass is 9.67. The van der Waals surface area contributed by atoms with Crippen LogP contribution in [-0.2, 0) is 28.2 Å². The summed E-state index contributed by atoms with van der Waals surface area (Å²) in [6.07, 6.45) is -0.179. The van der Waals surface area contributed by atoms with Crippen LogP contribution < -0.4 is 0 Å². The summed E-state index contributed by atoms with van der Waals surface area (Å²) in [4.78, 5) is 25.4. The minimum Gasteiger partial charge on any atom is -0.469 e. The summed E-state index contributed by atoms with van der Waals surface area (Å²) in [5.41, 5.74) is -1.37. The van der Waals surface area contributed by atoms with Gasteiger partial charge in [-0.05, 0) is 58.7 Å². The molecule has 0 aliphatic heterocycles. The number of carbonyl (C=O) groups is 2. The molecule has 1 rings (SSSR count). The van der Waals surface area contributed by atoms with Gasteiger partial charge in [-0.15, -0.1) is 0 Å². The van der Waals surface area contributed by atoms with E-state index in [0.717, 1.165) is 0 Å². The maximum Gasteiger partial charge on any atom is 0.314 e. The lowest BCUT2D eigenvalue weighted by molar-refractivity contribution is -0.195. The topological polar surface area (TPSA) is 71.1 Å². The van der Waals surface area contributed by atoms with Crippen LogP contribution in [0.1, 0.15) is 61.3 Å². The molecule has 0 bridgehead atoms. The van der Waals surface area contributed by atoms with E-state index in [-0.39, 0.29) is 17.0 Å². The quantitative estimate of drug-likeness (QED) is 0.491. The van der Waals surface area contributed by atoms with E-state index >= 15 is 0 Å². The second kappa shape index (κ2) is 8.44. The van der Waals surface area contributed by atoms with Crippen molar-refractivity contribution in [2.45, 2.75) is 97.2 Å². The summed E-state index contributed by atoms with van der Waals surface area (Å²) in [5.74, 6) is -1.14. The van der Waals surface area contributed by atoms with E-state index in [1.165, 1.54) is 14.2 Å². The van der Waals surface area contributed by atoms with Crippen molar-refractivity contribution in [1.29, 1.82) is 0 Å². The number of rotatable bonds is 5. The predicted octanol–water partition coefficient (Wildman–Crippen LogP) is 4.32. The first-order valence-corrected chi connectivity index (χ1v) is 12.9. The van der Waals surface area contributed by atoms with Crippen LogP contribution in [-0.4, -0.2) is 52.3 Å². The van der Waals surface area contributed by atoms with Gasteiger partial charge in [-0.3, -0.25) is 9.59 Å². The zero-order valence-corrected chi connectivity index (χ0v) is 20.6. The number of hydrogen-bond donors (Lipinski definition) is 0. The fourth-order valence-corrected chi connectivity index (χ4v) is 4.82. The Morgan fingerprint density at radius 3 is 1.93 bits per heavy atom. The predicted molar refractivity (Wildman–Crippen MR) is 112 cm³/mol. The van der Waals surface area contributed by atoms with Gasteiger partial charge in [-0.1, -0.05) is 20.8 Å². The molecule has 0 aromatic carbocycles. The molecule has 164 valence electrons. The molecule has 0 saturated heterocycles. The van der Waals surface area contributed by atoms with Crippen LogP contribution in [0.3, 0.4) is 0 Å². The van der Waals surface area contributed by atoms with Crippen molar-refractivity contribution in [2.75, 3.05) is 14.2 Å². The minimum atomic E-state index is -2.17. The molecule has 0 radical (unpaired) electrons. The van der Waals surface area contributed by atoms with Gasteiger partial charge in [0.1, 0.15) is 0 Å². The molecule has 0 heterocycles. The van der Waals surface area contributed by atoms with Gasteiger partial charge in [0.05, 0.1) is 43.4 Å². The Bertz CT molecular complexity index is 574. The van der Waals surface area contributed by atoms with Crippen LogP contribution in [0.5, 0.6) is 0 Å². The highest BCUT2D eigenvalue weighted by atomic mass is 28.4. The molecule has 0 unspecified atom stereocenters. The number of esters is 2. The Labute approximate surface area is 171 Å². The Morgan fingerprint density at radius 2 is 1.54 bits per heavy atom. The second-order valence-electron chi connectivity index (χ2n) is 10.6. The van der Waals surface area contributed by atoms with Crippen molar-refractivity contribution < 1.29 is 28.2 Å². The summed E-state index contributed by atoms with van der Waals surface area (Å²) in [5, 5.41) is -0.0197. The molecular weight excluding hydrogens is 376 g/mol. The van der Waals surface area contributed by atoms with E-state index in [4.69, 9.17) is 18.6 Å². The van der Waals surface area contributed by atoms with Crippen LogP contribution in [0.4, 0.5) is 0 Å². The number of hydrogen-bond acceptors (Lipinski definition) is 6. The van der Waals surface area contributed by atoms with E-state index in [0.29, 0.717) is 12.8 Å². The molecule has 0 N–H and O–H groups in total. The Kier molecular flexibility index (Phi) is 7.57. The van der Waals surface area contributed by atoms with Crippen LogP contribution in [0.15, 0.2) is 0 Å². The van der Waals surface area contributed by atoms with E-state index in [9.17, 15) is 9.59 Å². The third-order valence-electron chi connectivity index (χ3n) is 6.16. The average Bonchev–Trinajstić information content (AvgIpc) is 2.53. The van der Waals surface area contributed by atoms with Gasteiger partial charge >= 0.3 is 11.9 Å². The standard InChI is InChI=1S/C21H40O6Si/c1-19(2,3)26-16-12-14(17(22)24-8)15(13-21(16,7)18(23)25-9)27-28(10,11)20(4,5)6/h14-16H,12-13H2,1-11H3/t14-,15+,16+,21-/m1/s1. The first kappa shape index (κ1) is 25.1. The normalized spacial score (nSPS) is 29.3. The smallest absolute Gasteiger partial charge is 0.314 e. The zero-order valence-electron chi connectivity index (χ0n) is 19.6. The van der Waals surface area contributed by atoms with Gasteiger partial charge in [-0.25, -0.2) is 0 Å². The SMILES string of the molecule is COC(=O)[C@@H]1C[C@H](OC(C)(C)C)[C@](C)(C(=O)OC)C[C@@H]1O[Si](C)(C)C(C)(C)C. The van der Waals surface area contributed by atoms with Gasteiger partial charge in [0, 0.05) is 0 Å². The van der Waals surface area contributed by atoms with Crippen molar-refractivity contribution >= 4 is 20.3 Å². The molecule has 6 nitrogen and oxygen atoms in total. The summed E-state index contributed by atoms with van der Waals surface area (Å²) in [6.45, 7) is 18.4. The van der Waals surface area contributed by atoms with E-state index in [1.807, 2.05) is 27.7 Å². The lowest BCUT2D eigenvalue weighted by Crippen LogP contribution is -2.58. The van der Waals surface area contributed by atoms with Crippen LogP contribution in [0.25, 0.3) is 0 Å². The molecule has 0 aromatic rings. The molecular formula is C21H40O6Si. The molecule has 1 aliphatic rings. The summed E-state index contributed by atoms with van der Waals surface area (Å²) < 4.78 is 23.1. The van der Waals surface area contributed by atoms with Crippen LogP contribution in [0, 0.1) is 11.3 Å². The fourth-order valence-electron chi connectivity index (χ4n) is 3.47. The van der Waals surface area contributed by atoms with Crippen molar-refractivity contribution in [2.24, 2.45) is 11.3 Å². The molecule has 0 amide bonds. The average molecular weight is 417 g/mol. The zero-order chi connectivity index (χ0) is 22.1. The maximum absolute atomic E-state index is 12.8. The Balaban J connectivity index is 3.35. The van der Waals surface area contributed by atoms with E-state index in [2.05, 4.69) is 33.9 Å². The molecule has 1 aliphatic carbocycles. The molecule has 0 spiro atoms. The summed E-state index contributed by atoms with van der Waals surface area (Å²) in [6, 6.07) is 0. The van der Waals surface area contributed by atoms with Crippen molar-refractivity contribution in [1.82, 2.24) is 0 Å². The number of methoxy groups -OCH3 is 2. The van der Waals surface area contributed by atoms with Crippen molar-refractivity contribution in [3.63, 3.8) is 0 Å². The van der Waals surface area contributed by atoms with Gasteiger partial charge < -0.3 is 18.6 Å². The second-order valence-corrected chi connectivity index (χ2v) is 15.4. The fraction of sp³-hybridized carbons (Fsp3) is 0.905.